The molecule has 0 radical (unpaired) electrons. The SMILES string of the molecule is COc1ccc(NC(=O)Cn2c(=O)cnc3ccccc32)cc1NC(=O)c1ccc(Cl)cc1F. The van der Waals surface area contributed by atoms with Crippen LogP contribution in [0.15, 0.2) is 71.7 Å². The van der Waals surface area contributed by atoms with Gasteiger partial charge in [0.25, 0.3) is 11.5 Å². The first-order valence-electron chi connectivity index (χ1n) is 10.0. The second-order valence-electron chi connectivity index (χ2n) is 7.21. The quantitative estimate of drug-likeness (QED) is 0.433. The first kappa shape index (κ1) is 22.9. The van der Waals surface area contributed by atoms with Gasteiger partial charge in [0, 0.05) is 10.7 Å². The molecular formula is C24H18ClFN4O4. The smallest absolute Gasteiger partial charge is 0.269 e. The van der Waals surface area contributed by atoms with Crippen molar-refractivity contribution in [2.75, 3.05) is 17.7 Å². The second-order valence-corrected chi connectivity index (χ2v) is 7.65. The van der Waals surface area contributed by atoms with Crippen LogP contribution in [0.25, 0.3) is 11.0 Å². The summed E-state index contributed by atoms with van der Waals surface area (Å²) in [5.41, 5.74) is 1.04. The maximum atomic E-state index is 14.1. The fraction of sp³-hybridized carbons (Fsp3) is 0.0833. The van der Waals surface area contributed by atoms with Crippen LogP contribution in [0.5, 0.6) is 5.75 Å². The minimum atomic E-state index is -0.775. The fourth-order valence-corrected chi connectivity index (χ4v) is 3.53. The molecule has 3 aromatic carbocycles. The van der Waals surface area contributed by atoms with Gasteiger partial charge in [0.2, 0.25) is 5.91 Å². The van der Waals surface area contributed by atoms with Crippen LogP contribution in [0, 0.1) is 5.82 Å². The number of fused-ring (bicyclic) bond motifs is 1. The van der Waals surface area contributed by atoms with Crippen molar-refractivity contribution >= 4 is 45.8 Å². The number of nitrogens with zero attached hydrogens (tertiary/aromatic N) is 2. The second kappa shape index (κ2) is 9.72. The van der Waals surface area contributed by atoms with E-state index in [0.717, 1.165) is 12.3 Å². The van der Waals surface area contributed by atoms with Gasteiger partial charge in [-0.25, -0.2) is 9.37 Å². The van der Waals surface area contributed by atoms with Crippen molar-refractivity contribution in [3.05, 3.63) is 93.6 Å². The molecule has 34 heavy (non-hydrogen) atoms. The number of methoxy groups -OCH3 is 1. The van der Waals surface area contributed by atoms with Gasteiger partial charge in [-0.3, -0.25) is 19.0 Å². The normalized spacial score (nSPS) is 10.7. The van der Waals surface area contributed by atoms with E-state index in [1.165, 1.54) is 35.9 Å². The summed E-state index contributed by atoms with van der Waals surface area (Å²) in [4.78, 5) is 41.6. The van der Waals surface area contributed by atoms with Gasteiger partial charge >= 0.3 is 0 Å². The molecule has 0 aliphatic heterocycles. The van der Waals surface area contributed by atoms with Crippen LogP contribution in [0.1, 0.15) is 10.4 Å². The molecule has 0 bridgehead atoms. The van der Waals surface area contributed by atoms with E-state index < -0.39 is 23.2 Å². The molecular weight excluding hydrogens is 463 g/mol. The van der Waals surface area contributed by atoms with Crippen LogP contribution >= 0.6 is 11.6 Å². The minimum Gasteiger partial charge on any atom is -0.495 e. The van der Waals surface area contributed by atoms with Gasteiger partial charge < -0.3 is 15.4 Å². The van der Waals surface area contributed by atoms with Crippen molar-refractivity contribution < 1.29 is 18.7 Å². The number of rotatable bonds is 6. The summed E-state index contributed by atoms with van der Waals surface area (Å²) in [6.45, 7) is -0.244. The molecule has 4 aromatic rings. The van der Waals surface area contributed by atoms with Gasteiger partial charge in [0.15, 0.2) is 0 Å². The van der Waals surface area contributed by atoms with E-state index in [1.807, 2.05) is 0 Å². The maximum absolute atomic E-state index is 14.1. The van der Waals surface area contributed by atoms with E-state index in [0.29, 0.717) is 22.5 Å². The molecule has 0 fully saturated rings. The minimum absolute atomic E-state index is 0.164. The van der Waals surface area contributed by atoms with E-state index in [4.69, 9.17) is 16.3 Å². The summed E-state index contributed by atoms with van der Waals surface area (Å²) in [5, 5.41) is 5.43. The Morgan fingerprint density at radius 2 is 1.88 bits per heavy atom. The summed E-state index contributed by atoms with van der Waals surface area (Å²) < 4.78 is 20.7. The lowest BCUT2D eigenvalue weighted by atomic mass is 10.2. The van der Waals surface area contributed by atoms with Crippen LogP contribution < -0.4 is 20.9 Å². The number of benzene rings is 3. The summed E-state index contributed by atoms with van der Waals surface area (Å²) in [6, 6.07) is 15.3. The third-order valence-corrected chi connectivity index (χ3v) is 5.20. The molecule has 8 nitrogen and oxygen atoms in total. The number of ether oxygens (including phenoxy) is 1. The Morgan fingerprint density at radius 3 is 2.65 bits per heavy atom. The average molecular weight is 481 g/mol. The Bertz CT molecular complexity index is 1470. The number of nitrogens with one attached hydrogen (secondary N) is 2. The predicted molar refractivity (Wildman–Crippen MR) is 127 cm³/mol. The van der Waals surface area contributed by atoms with E-state index >= 15 is 0 Å². The average Bonchev–Trinajstić information content (AvgIpc) is 2.81. The van der Waals surface area contributed by atoms with Crippen molar-refractivity contribution in [3.8, 4) is 5.75 Å². The highest BCUT2D eigenvalue weighted by Crippen LogP contribution is 2.29. The van der Waals surface area contributed by atoms with Crippen LogP contribution in [-0.4, -0.2) is 28.5 Å². The lowest BCUT2D eigenvalue weighted by Gasteiger charge is -2.14. The number of aromatic nitrogens is 2. The summed E-state index contributed by atoms with van der Waals surface area (Å²) in [7, 11) is 1.41. The number of anilines is 2. The Labute approximate surface area is 198 Å². The number of halogens is 2. The van der Waals surface area contributed by atoms with E-state index in [2.05, 4.69) is 15.6 Å². The van der Waals surface area contributed by atoms with E-state index in [1.54, 1.807) is 30.3 Å². The maximum Gasteiger partial charge on any atom is 0.269 e. The lowest BCUT2D eigenvalue weighted by molar-refractivity contribution is -0.116. The number of carbonyl (C=O) groups excluding carboxylic acids is 2. The highest BCUT2D eigenvalue weighted by Gasteiger charge is 2.16. The molecule has 1 heterocycles. The van der Waals surface area contributed by atoms with Gasteiger partial charge in [-0.2, -0.15) is 0 Å². The van der Waals surface area contributed by atoms with Gasteiger partial charge in [-0.1, -0.05) is 23.7 Å². The molecule has 2 N–H and O–H groups in total. The molecule has 1 aromatic heterocycles. The Kier molecular flexibility index (Phi) is 6.55. The third kappa shape index (κ3) is 4.89. The predicted octanol–water partition coefficient (Wildman–Crippen LogP) is 4.09. The first-order chi connectivity index (χ1) is 16.4. The number of para-hydroxylation sites is 2. The fourth-order valence-electron chi connectivity index (χ4n) is 3.37. The van der Waals surface area contributed by atoms with E-state index in [9.17, 15) is 18.8 Å². The van der Waals surface area contributed by atoms with Crippen LogP contribution in [0.2, 0.25) is 5.02 Å². The Morgan fingerprint density at radius 1 is 1.09 bits per heavy atom. The number of hydrogen-bond donors (Lipinski definition) is 2. The summed E-state index contributed by atoms with van der Waals surface area (Å²) in [6.07, 6.45) is 1.16. The van der Waals surface area contributed by atoms with Crippen molar-refractivity contribution in [1.82, 2.24) is 9.55 Å². The Hall–Kier alpha value is -4.24. The van der Waals surface area contributed by atoms with E-state index in [-0.39, 0.29) is 22.8 Å². The van der Waals surface area contributed by atoms with Gasteiger partial charge in [-0.05, 0) is 48.5 Å². The highest BCUT2D eigenvalue weighted by molar-refractivity contribution is 6.30. The molecule has 0 saturated heterocycles. The first-order valence-corrected chi connectivity index (χ1v) is 10.4. The molecule has 0 aliphatic rings. The van der Waals surface area contributed by atoms with Crippen LogP contribution in [-0.2, 0) is 11.3 Å². The molecule has 0 saturated carbocycles. The topological polar surface area (TPSA) is 102 Å². The molecule has 0 atom stereocenters. The van der Waals surface area contributed by atoms with Gasteiger partial charge in [0.1, 0.15) is 18.1 Å². The van der Waals surface area contributed by atoms with Crippen molar-refractivity contribution in [2.24, 2.45) is 0 Å². The molecule has 172 valence electrons. The zero-order valence-corrected chi connectivity index (χ0v) is 18.6. The number of amides is 2. The van der Waals surface area contributed by atoms with Crippen molar-refractivity contribution in [3.63, 3.8) is 0 Å². The number of carbonyl (C=O) groups is 2. The molecule has 4 rings (SSSR count). The van der Waals surface area contributed by atoms with Crippen molar-refractivity contribution in [2.45, 2.75) is 6.54 Å². The Balaban J connectivity index is 1.55. The highest BCUT2D eigenvalue weighted by atomic mass is 35.5. The van der Waals surface area contributed by atoms with Gasteiger partial charge in [0.05, 0.1) is 35.6 Å². The molecule has 10 heteroatoms. The summed E-state index contributed by atoms with van der Waals surface area (Å²) >= 11 is 5.74. The lowest BCUT2D eigenvalue weighted by Crippen LogP contribution is -2.28. The van der Waals surface area contributed by atoms with Crippen LogP contribution in [0.4, 0.5) is 15.8 Å². The van der Waals surface area contributed by atoms with Crippen LogP contribution in [0.3, 0.4) is 0 Å². The molecule has 2 amide bonds. The standard InChI is InChI=1S/C24H18ClFN4O4/c1-34-21-9-7-15(11-19(21)29-24(33)16-8-6-14(25)10-17(16)26)28-22(31)13-30-20-5-3-2-4-18(20)27-12-23(30)32/h2-12H,13H2,1H3,(H,28,31)(H,29,33). The zero-order valence-electron chi connectivity index (χ0n) is 17.8. The largest absolute Gasteiger partial charge is 0.495 e. The van der Waals surface area contributed by atoms with Gasteiger partial charge in [-0.15, -0.1) is 0 Å². The monoisotopic (exact) mass is 480 g/mol. The number of hydrogen-bond acceptors (Lipinski definition) is 5. The zero-order chi connectivity index (χ0) is 24.2. The third-order valence-electron chi connectivity index (χ3n) is 4.96. The summed E-state index contributed by atoms with van der Waals surface area (Å²) in [5.74, 6) is -1.66. The van der Waals surface area contributed by atoms with Crippen molar-refractivity contribution in [1.29, 1.82) is 0 Å². The molecule has 0 spiro atoms. The molecule has 0 aliphatic carbocycles. The molecule has 0 unspecified atom stereocenters.